The fourth-order valence-corrected chi connectivity index (χ4v) is 3.92. The number of benzene rings is 1. The summed E-state index contributed by atoms with van der Waals surface area (Å²) in [6, 6.07) is 6.43. The van der Waals surface area contributed by atoms with Gasteiger partial charge >= 0.3 is 0 Å². The maximum atomic E-state index is 6.20. The molecule has 1 aromatic heterocycles. The van der Waals surface area contributed by atoms with Crippen molar-refractivity contribution in [3.8, 4) is 0 Å². The third kappa shape index (κ3) is 4.16. The summed E-state index contributed by atoms with van der Waals surface area (Å²) in [5, 5.41) is 13.1. The van der Waals surface area contributed by atoms with Gasteiger partial charge < -0.3 is 14.5 Å². The number of aromatic nitrogens is 4. The van der Waals surface area contributed by atoms with E-state index in [9.17, 15) is 0 Å². The third-order valence-corrected chi connectivity index (χ3v) is 5.43. The predicted octanol–water partition coefficient (Wildman–Crippen LogP) is 1.14. The first-order chi connectivity index (χ1) is 12.6. The Morgan fingerprint density at radius 2 is 2.08 bits per heavy atom. The normalized spacial score (nSPS) is 16.8. The highest BCUT2D eigenvalue weighted by Gasteiger charge is 2.31. The van der Waals surface area contributed by atoms with Crippen LogP contribution in [0.2, 0.25) is 5.02 Å². The summed E-state index contributed by atoms with van der Waals surface area (Å²) in [5.41, 5.74) is 2.52. The standard InChI is InChI=1S/C18H27ClN6O/c1-4-16(18-20-21-22-25(18)11-12-26-3)23-7-9-24(10-8-23)17-13-15(19)6-5-14(17)2/h5-6,13,16H,4,7-12H2,1-3H3/p+1/t16-/m0/s1. The Morgan fingerprint density at radius 3 is 2.77 bits per heavy atom. The molecule has 0 aliphatic carbocycles. The SMILES string of the molecule is CC[C@@H](c1nnnn1CCOC)[NH+]1CCN(c2cc(Cl)ccc2C)CC1. The lowest BCUT2D eigenvalue weighted by molar-refractivity contribution is -0.933. The lowest BCUT2D eigenvalue weighted by atomic mass is 10.1. The second kappa shape index (κ2) is 8.79. The maximum absolute atomic E-state index is 6.20. The number of ether oxygens (including phenoxy) is 1. The summed E-state index contributed by atoms with van der Waals surface area (Å²) >= 11 is 6.20. The second-order valence-electron chi connectivity index (χ2n) is 6.79. The fraction of sp³-hybridized carbons (Fsp3) is 0.611. The van der Waals surface area contributed by atoms with E-state index in [0.29, 0.717) is 19.2 Å². The molecule has 2 aromatic rings. The zero-order chi connectivity index (χ0) is 18.5. The van der Waals surface area contributed by atoms with Gasteiger partial charge in [0.05, 0.1) is 39.3 Å². The molecule has 0 spiro atoms. The van der Waals surface area contributed by atoms with E-state index in [0.717, 1.165) is 43.4 Å². The minimum atomic E-state index is 0.310. The van der Waals surface area contributed by atoms with Crippen molar-refractivity contribution in [2.45, 2.75) is 32.9 Å². The van der Waals surface area contributed by atoms with Crippen LogP contribution >= 0.6 is 11.6 Å². The van der Waals surface area contributed by atoms with Gasteiger partial charge in [-0.15, -0.1) is 5.10 Å². The van der Waals surface area contributed by atoms with E-state index in [4.69, 9.17) is 16.3 Å². The van der Waals surface area contributed by atoms with Gasteiger partial charge in [-0.1, -0.05) is 24.6 Å². The number of nitrogens with one attached hydrogen (secondary N) is 1. The zero-order valence-electron chi connectivity index (χ0n) is 15.8. The number of piperazine rings is 1. The summed E-state index contributed by atoms with van der Waals surface area (Å²) in [4.78, 5) is 3.97. The topological polar surface area (TPSA) is 60.5 Å². The quantitative estimate of drug-likeness (QED) is 0.781. The van der Waals surface area contributed by atoms with Crippen LogP contribution in [0.15, 0.2) is 18.2 Å². The van der Waals surface area contributed by atoms with Crippen molar-refractivity contribution < 1.29 is 9.64 Å². The van der Waals surface area contributed by atoms with Gasteiger partial charge in [0, 0.05) is 24.2 Å². The van der Waals surface area contributed by atoms with Crippen LogP contribution in [0.25, 0.3) is 0 Å². The Balaban J connectivity index is 1.68. The van der Waals surface area contributed by atoms with E-state index in [1.807, 2.05) is 10.7 Å². The minimum absolute atomic E-state index is 0.310. The van der Waals surface area contributed by atoms with Gasteiger partial charge in [-0.05, 0) is 35.0 Å². The average Bonchev–Trinajstić information content (AvgIpc) is 3.11. The van der Waals surface area contributed by atoms with E-state index in [-0.39, 0.29) is 0 Å². The molecule has 1 atom stereocenters. The molecule has 1 fully saturated rings. The smallest absolute Gasteiger partial charge is 0.209 e. The number of hydrogen-bond acceptors (Lipinski definition) is 5. The van der Waals surface area contributed by atoms with E-state index < -0.39 is 0 Å². The molecule has 1 N–H and O–H groups in total. The first-order valence-electron chi connectivity index (χ1n) is 9.24. The van der Waals surface area contributed by atoms with Crippen LogP contribution in [0.3, 0.4) is 0 Å². The molecule has 7 nitrogen and oxygen atoms in total. The molecule has 26 heavy (non-hydrogen) atoms. The van der Waals surface area contributed by atoms with Crippen LogP contribution in [0.5, 0.6) is 0 Å². The number of hydrogen-bond donors (Lipinski definition) is 1. The van der Waals surface area contributed by atoms with Gasteiger partial charge in [0.15, 0.2) is 0 Å². The molecule has 1 saturated heterocycles. The molecule has 1 aliphatic heterocycles. The third-order valence-electron chi connectivity index (χ3n) is 5.20. The molecule has 0 saturated carbocycles. The highest BCUT2D eigenvalue weighted by atomic mass is 35.5. The Hall–Kier alpha value is -1.70. The van der Waals surface area contributed by atoms with Crippen LogP contribution in [-0.4, -0.2) is 60.1 Å². The fourth-order valence-electron chi connectivity index (χ4n) is 3.76. The molecule has 0 amide bonds. The van der Waals surface area contributed by atoms with Gasteiger partial charge in [0.25, 0.3) is 0 Å². The molecule has 0 bridgehead atoms. The van der Waals surface area contributed by atoms with Crippen LogP contribution in [0.4, 0.5) is 5.69 Å². The molecule has 142 valence electrons. The highest BCUT2D eigenvalue weighted by molar-refractivity contribution is 6.30. The first kappa shape index (κ1) is 19.1. The number of tetrazole rings is 1. The van der Waals surface area contributed by atoms with Gasteiger partial charge in [0.1, 0.15) is 6.04 Å². The Morgan fingerprint density at radius 1 is 1.31 bits per heavy atom. The van der Waals surface area contributed by atoms with Crippen molar-refractivity contribution in [1.82, 2.24) is 20.2 Å². The molecule has 8 heteroatoms. The number of rotatable bonds is 7. The van der Waals surface area contributed by atoms with Crippen LogP contribution < -0.4 is 9.80 Å². The van der Waals surface area contributed by atoms with Crippen molar-refractivity contribution in [3.63, 3.8) is 0 Å². The van der Waals surface area contributed by atoms with Crippen molar-refractivity contribution in [2.75, 3.05) is 44.8 Å². The molecule has 2 heterocycles. The Bertz CT molecular complexity index is 713. The molecular formula is C18H28ClN6O+. The monoisotopic (exact) mass is 379 g/mol. The molecule has 1 aromatic carbocycles. The number of anilines is 1. The molecular weight excluding hydrogens is 352 g/mol. The molecule has 0 unspecified atom stereocenters. The van der Waals surface area contributed by atoms with Crippen molar-refractivity contribution in [2.24, 2.45) is 0 Å². The Kier molecular flexibility index (Phi) is 6.45. The van der Waals surface area contributed by atoms with Crippen molar-refractivity contribution >= 4 is 17.3 Å². The van der Waals surface area contributed by atoms with Crippen LogP contribution in [0, 0.1) is 6.92 Å². The average molecular weight is 380 g/mol. The zero-order valence-corrected chi connectivity index (χ0v) is 16.5. The summed E-state index contributed by atoms with van der Waals surface area (Å²) in [7, 11) is 1.70. The summed E-state index contributed by atoms with van der Waals surface area (Å²) in [6.07, 6.45) is 1.01. The number of nitrogens with zero attached hydrogens (tertiary/aromatic N) is 5. The maximum Gasteiger partial charge on any atom is 0.209 e. The van der Waals surface area contributed by atoms with E-state index >= 15 is 0 Å². The van der Waals surface area contributed by atoms with Gasteiger partial charge in [-0.25, -0.2) is 4.68 Å². The van der Waals surface area contributed by atoms with E-state index in [2.05, 4.69) is 46.4 Å². The largest absolute Gasteiger partial charge is 0.383 e. The van der Waals surface area contributed by atoms with Gasteiger partial charge in [-0.2, -0.15) is 0 Å². The highest BCUT2D eigenvalue weighted by Crippen LogP contribution is 2.24. The van der Waals surface area contributed by atoms with Crippen LogP contribution in [-0.2, 0) is 11.3 Å². The minimum Gasteiger partial charge on any atom is -0.383 e. The summed E-state index contributed by atoms with van der Waals surface area (Å²) in [6.45, 7) is 9.79. The Labute approximate surface area is 159 Å². The van der Waals surface area contributed by atoms with E-state index in [1.165, 1.54) is 16.2 Å². The summed E-state index contributed by atoms with van der Waals surface area (Å²) in [5.74, 6) is 0.965. The first-order valence-corrected chi connectivity index (χ1v) is 9.62. The molecule has 1 aliphatic rings. The lowest BCUT2D eigenvalue weighted by Crippen LogP contribution is -3.15. The predicted molar refractivity (Wildman–Crippen MR) is 102 cm³/mol. The van der Waals surface area contributed by atoms with Crippen molar-refractivity contribution in [1.29, 1.82) is 0 Å². The van der Waals surface area contributed by atoms with Gasteiger partial charge in [-0.3, -0.25) is 0 Å². The van der Waals surface area contributed by atoms with Gasteiger partial charge in [0.2, 0.25) is 5.82 Å². The number of aryl methyl sites for hydroxylation is 1. The number of methoxy groups -OCH3 is 1. The number of halogens is 1. The van der Waals surface area contributed by atoms with E-state index in [1.54, 1.807) is 7.11 Å². The summed E-state index contributed by atoms with van der Waals surface area (Å²) < 4.78 is 7.06. The van der Waals surface area contributed by atoms with Crippen LogP contribution in [0.1, 0.15) is 30.8 Å². The number of quaternary nitrogens is 1. The lowest BCUT2D eigenvalue weighted by Gasteiger charge is -2.37. The second-order valence-corrected chi connectivity index (χ2v) is 7.23. The molecule has 3 rings (SSSR count). The molecule has 0 radical (unpaired) electrons. The van der Waals surface area contributed by atoms with Crippen molar-refractivity contribution in [3.05, 3.63) is 34.6 Å².